The Labute approximate surface area is 159 Å². The highest BCUT2D eigenvalue weighted by molar-refractivity contribution is 6.05. The van der Waals surface area contributed by atoms with Crippen LogP contribution in [0.3, 0.4) is 0 Å². The normalized spacial score (nSPS) is 23.1. The molecule has 2 N–H and O–H groups in total. The van der Waals surface area contributed by atoms with E-state index in [1.165, 1.54) is 19.3 Å². The van der Waals surface area contributed by atoms with E-state index >= 15 is 0 Å². The van der Waals surface area contributed by atoms with E-state index in [1.807, 2.05) is 12.1 Å². The van der Waals surface area contributed by atoms with Crippen LogP contribution in [0.2, 0.25) is 0 Å². The van der Waals surface area contributed by atoms with E-state index in [2.05, 4.69) is 10.6 Å². The van der Waals surface area contributed by atoms with E-state index < -0.39 is 0 Å². The molecule has 0 heterocycles. The van der Waals surface area contributed by atoms with Gasteiger partial charge in [0.2, 0.25) is 5.91 Å². The van der Waals surface area contributed by atoms with Crippen molar-refractivity contribution in [3.05, 3.63) is 54.1 Å². The summed E-state index contributed by atoms with van der Waals surface area (Å²) in [5, 5.41) is 5.86. The van der Waals surface area contributed by atoms with E-state index in [1.54, 1.807) is 43.5 Å². The standard InChI is InChI=1S/C22H24N2O3/c1-27-20-5-3-2-4-19(20)24-21(25)15-8-10-17(11-9-15)23-22(26)18-13-14-6-7-16(18)12-14/h2-5,8-11,14,16,18H,6-7,12-13H2,1H3,(H,23,26)(H,24,25). The zero-order valence-electron chi connectivity index (χ0n) is 15.4. The second-order valence-corrected chi connectivity index (χ2v) is 7.50. The fourth-order valence-corrected chi connectivity index (χ4v) is 4.45. The minimum Gasteiger partial charge on any atom is -0.495 e. The van der Waals surface area contributed by atoms with Gasteiger partial charge in [-0.25, -0.2) is 0 Å². The molecule has 4 rings (SSSR count). The van der Waals surface area contributed by atoms with Gasteiger partial charge in [-0.05, 0) is 67.5 Å². The molecule has 2 saturated carbocycles. The van der Waals surface area contributed by atoms with Crippen LogP contribution in [0.4, 0.5) is 11.4 Å². The highest BCUT2D eigenvalue weighted by atomic mass is 16.5. The number of rotatable bonds is 5. The van der Waals surface area contributed by atoms with Crippen LogP contribution in [0.5, 0.6) is 5.75 Å². The zero-order chi connectivity index (χ0) is 18.8. The Bertz CT molecular complexity index is 847. The number of nitrogens with one attached hydrogen (secondary N) is 2. The first-order valence-corrected chi connectivity index (χ1v) is 9.49. The summed E-state index contributed by atoms with van der Waals surface area (Å²) < 4.78 is 5.25. The largest absolute Gasteiger partial charge is 0.495 e. The van der Waals surface area contributed by atoms with Gasteiger partial charge < -0.3 is 15.4 Å². The highest BCUT2D eigenvalue weighted by Gasteiger charge is 2.42. The summed E-state index contributed by atoms with van der Waals surface area (Å²) in [4.78, 5) is 25.0. The SMILES string of the molecule is COc1ccccc1NC(=O)c1ccc(NC(=O)C2CC3CCC2C3)cc1. The van der Waals surface area contributed by atoms with E-state index in [0.717, 1.165) is 18.0 Å². The minimum atomic E-state index is -0.217. The Morgan fingerprint density at radius 2 is 1.74 bits per heavy atom. The highest BCUT2D eigenvalue weighted by Crippen LogP contribution is 2.48. The zero-order valence-corrected chi connectivity index (χ0v) is 15.4. The molecule has 0 spiro atoms. The summed E-state index contributed by atoms with van der Waals surface area (Å²) in [6.07, 6.45) is 4.70. The number of hydrogen-bond acceptors (Lipinski definition) is 3. The smallest absolute Gasteiger partial charge is 0.255 e. The van der Waals surface area contributed by atoms with E-state index in [4.69, 9.17) is 4.74 Å². The van der Waals surface area contributed by atoms with Gasteiger partial charge in [0.05, 0.1) is 12.8 Å². The summed E-state index contributed by atoms with van der Waals surface area (Å²) >= 11 is 0. The van der Waals surface area contributed by atoms with Crippen molar-refractivity contribution in [1.82, 2.24) is 0 Å². The summed E-state index contributed by atoms with van der Waals surface area (Å²) in [7, 11) is 1.57. The van der Waals surface area contributed by atoms with Crippen molar-refractivity contribution >= 4 is 23.2 Å². The van der Waals surface area contributed by atoms with Crippen LogP contribution in [-0.4, -0.2) is 18.9 Å². The summed E-state index contributed by atoms with van der Waals surface area (Å²) in [5.41, 5.74) is 1.88. The van der Waals surface area contributed by atoms with Crippen LogP contribution in [0.15, 0.2) is 48.5 Å². The summed E-state index contributed by atoms with van der Waals surface area (Å²) in [6, 6.07) is 14.3. The van der Waals surface area contributed by atoms with Crippen molar-refractivity contribution < 1.29 is 14.3 Å². The average molecular weight is 364 g/mol. The molecule has 27 heavy (non-hydrogen) atoms. The number of ether oxygens (including phenoxy) is 1. The number of fused-ring (bicyclic) bond motifs is 2. The Hall–Kier alpha value is -2.82. The van der Waals surface area contributed by atoms with Crippen LogP contribution in [0.1, 0.15) is 36.0 Å². The molecule has 2 amide bonds. The monoisotopic (exact) mass is 364 g/mol. The van der Waals surface area contributed by atoms with Gasteiger partial charge in [0.25, 0.3) is 5.91 Å². The predicted molar refractivity (Wildman–Crippen MR) is 105 cm³/mol. The third-order valence-electron chi connectivity index (χ3n) is 5.84. The number of anilines is 2. The maximum Gasteiger partial charge on any atom is 0.255 e. The van der Waals surface area contributed by atoms with Gasteiger partial charge in [-0.1, -0.05) is 18.6 Å². The molecule has 2 aromatic rings. The fraction of sp³-hybridized carbons (Fsp3) is 0.364. The Morgan fingerprint density at radius 1 is 0.963 bits per heavy atom. The fourth-order valence-electron chi connectivity index (χ4n) is 4.45. The molecular weight excluding hydrogens is 340 g/mol. The molecular formula is C22H24N2O3. The molecule has 2 aromatic carbocycles. The van der Waals surface area contributed by atoms with Gasteiger partial charge in [-0.15, -0.1) is 0 Å². The van der Waals surface area contributed by atoms with Crippen LogP contribution < -0.4 is 15.4 Å². The molecule has 2 aliphatic carbocycles. The topological polar surface area (TPSA) is 67.4 Å². The van der Waals surface area contributed by atoms with E-state index in [-0.39, 0.29) is 17.7 Å². The quantitative estimate of drug-likeness (QED) is 0.830. The van der Waals surface area contributed by atoms with Gasteiger partial charge >= 0.3 is 0 Å². The summed E-state index contributed by atoms with van der Waals surface area (Å²) in [5.74, 6) is 1.96. The van der Waals surface area contributed by atoms with Crippen LogP contribution in [0, 0.1) is 17.8 Å². The average Bonchev–Trinajstić information content (AvgIpc) is 3.32. The van der Waals surface area contributed by atoms with Crippen LogP contribution >= 0.6 is 0 Å². The first-order valence-electron chi connectivity index (χ1n) is 9.49. The van der Waals surface area contributed by atoms with Crippen molar-refractivity contribution in [3.8, 4) is 5.75 Å². The molecule has 0 aromatic heterocycles. The second-order valence-electron chi connectivity index (χ2n) is 7.50. The molecule has 2 aliphatic rings. The van der Waals surface area contributed by atoms with E-state index in [9.17, 15) is 9.59 Å². The molecule has 2 bridgehead atoms. The second kappa shape index (κ2) is 7.43. The molecule has 0 aliphatic heterocycles. The maximum atomic E-state index is 12.5. The number of para-hydroxylation sites is 2. The lowest BCUT2D eigenvalue weighted by molar-refractivity contribution is -0.121. The molecule has 0 saturated heterocycles. The van der Waals surface area contributed by atoms with Gasteiger partial charge in [0.1, 0.15) is 5.75 Å². The molecule has 3 unspecified atom stereocenters. The molecule has 5 heteroatoms. The van der Waals surface area contributed by atoms with Crippen molar-refractivity contribution in [2.75, 3.05) is 17.7 Å². The molecule has 140 valence electrons. The molecule has 3 atom stereocenters. The summed E-state index contributed by atoms with van der Waals surface area (Å²) in [6.45, 7) is 0. The van der Waals surface area contributed by atoms with E-state index in [0.29, 0.717) is 22.9 Å². The van der Waals surface area contributed by atoms with Gasteiger partial charge in [0.15, 0.2) is 0 Å². The van der Waals surface area contributed by atoms with Gasteiger partial charge in [-0.2, -0.15) is 0 Å². The molecule has 2 fully saturated rings. The van der Waals surface area contributed by atoms with Crippen molar-refractivity contribution in [1.29, 1.82) is 0 Å². The van der Waals surface area contributed by atoms with Crippen LogP contribution in [0.25, 0.3) is 0 Å². The van der Waals surface area contributed by atoms with Crippen molar-refractivity contribution in [2.45, 2.75) is 25.7 Å². The number of hydrogen-bond donors (Lipinski definition) is 2. The Morgan fingerprint density at radius 3 is 2.41 bits per heavy atom. The maximum absolute atomic E-state index is 12.5. The van der Waals surface area contributed by atoms with Crippen molar-refractivity contribution in [2.24, 2.45) is 17.8 Å². The van der Waals surface area contributed by atoms with Crippen LogP contribution in [-0.2, 0) is 4.79 Å². The van der Waals surface area contributed by atoms with Gasteiger partial charge in [-0.3, -0.25) is 9.59 Å². The third kappa shape index (κ3) is 3.68. The first kappa shape index (κ1) is 17.6. The molecule has 5 nitrogen and oxygen atoms in total. The Balaban J connectivity index is 1.38. The lowest BCUT2D eigenvalue weighted by Crippen LogP contribution is -2.27. The third-order valence-corrected chi connectivity index (χ3v) is 5.84. The number of carbonyl (C=O) groups excluding carboxylic acids is 2. The van der Waals surface area contributed by atoms with Gasteiger partial charge in [0, 0.05) is 17.2 Å². The number of methoxy groups -OCH3 is 1. The number of amides is 2. The predicted octanol–water partition coefficient (Wildman–Crippen LogP) is 4.32. The molecule has 0 radical (unpaired) electrons. The lowest BCUT2D eigenvalue weighted by atomic mass is 9.88. The first-order chi connectivity index (χ1) is 13.1. The Kier molecular flexibility index (Phi) is 4.84. The number of benzene rings is 2. The number of carbonyl (C=O) groups is 2. The van der Waals surface area contributed by atoms with Crippen molar-refractivity contribution in [3.63, 3.8) is 0 Å². The minimum absolute atomic E-state index is 0.119. The lowest BCUT2D eigenvalue weighted by Gasteiger charge is -2.20.